The molecule has 1 amide bonds. The third kappa shape index (κ3) is 5.01. The van der Waals surface area contributed by atoms with Crippen LogP contribution in [0.15, 0.2) is 24.3 Å². The Labute approximate surface area is 143 Å². The first kappa shape index (κ1) is 18.9. The number of hydrogen-bond acceptors (Lipinski definition) is 3. The van der Waals surface area contributed by atoms with Gasteiger partial charge >= 0.3 is 0 Å². The zero-order valence-electron chi connectivity index (χ0n) is 14.3. The molecule has 0 bridgehead atoms. The second-order valence-electron chi connectivity index (χ2n) is 6.79. The Hall–Kier alpha value is -1.47. The molecule has 0 aromatic heterocycles. The first-order chi connectivity index (χ1) is 11.2. The van der Waals surface area contributed by atoms with Crippen LogP contribution in [-0.2, 0) is 21.2 Å². The molecule has 0 saturated carbocycles. The number of aryl methyl sites for hydroxylation is 1. The highest BCUT2D eigenvalue weighted by atomic mass is 32.2. The van der Waals surface area contributed by atoms with Crippen LogP contribution in [0.1, 0.15) is 25.8 Å². The van der Waals surface area contributed by atoms with E-state index in [0.29, 0.717) is 19.5 Å². The van der Waals surface area contributed by atoms with Crippen molar-refractivity contribution < 1.29 is 17.6 Å². The van der Waals surface area contributed by atoms with Crippen LogP contribution in [0.5, 0.6) is 0 Å². The van der Waals surface area contributed by atoms with E-state index in [1.165, 1.54) is 22.7 Å². The van der Waals surface area contributed by atoms with Crippen LogP contribution in [0, 0.1) is 17.7 Å². The van der Waals surface area contributed by atoms with Gasteiger partial charge in [-0.2, -0.15) is 4.31 Å². The van der Waals surface area contributed by atoms with Crippen molar-refractivity contribution in [2.45, 2.75) is 32.7 Å². The summed E-state index contributed by atoms with van der Waals surface area (Å²) < 4.78 is 38.1. The monoisotopic (exact) mass is 356 g/mol. The zero-order chi connectivity index (χ0) is 17.9. The molecule has 1 aromatic rings. The SMILES string of the molecule is CC(C)C1CN(S(C)(=O)=O)CC1NC(=O)CCc1cccc(F)c1. The first-order valence-corrected chi connectivity index (χ1v) is 10.0. The zero-order valence-corrected chi connectivity index (χ0v) is 15.1. The molecule has 0 radical (unpaired) electrons. The first-order valence-electron chi connectivity index (χ1n) is 8.15. The molecule has 2 atom stereocenters. The van der Waals surface area contributed by atoms with E-state index in [-0.39, 0.29) is 36.0 Å². The molecular weight excluding hydrogens is 331 g/mol. The van der Waals surface area contributed by atoms with Crippen LogP contribution >= 0.6 is 0 Å². The number of nitrogens with one attached hydrogen (secondary N) is 1. The van der Waals surface area contributed by atoms with Gasteiger partial charge in [-0.05, 0) is 36.0 Å². The van der Waals surface area contributed by atoms with Crippen LogP contribution in [0.3, 0.4) is 0 Å². The van der Waals surface area contributed by atoms with Gasteiger partial charge in [0.05, 0.1) is 6.26 Å². The van der Waals surface area contributed by atoms with E-state index in [9.17, 15) is 17.6 Å². The number of rotatable bonds is 6. The summed E-state index contributed by atoms with van der Waals surface area (Å²) in [7, 11) is -3.26. The normalized spacial score (nSPS) is 22.0. The molecule has 1 fully saturated rings. The van der Waals surface area contributed by atoms with Crippen LogP contribution < -0.4 is 5.32 Å². The van der Waals surface area contributed by atoms with Gasteiger partial charge in [-0.1, -0.05) is 26.0 Å². The lowest BCUT2D eigenvalue weighted by atomic mass is 9.91. The van der Waals surface area contributed by atoms with Gasteiger partial charge in [-0.3, -0.25) is 4.79 Å². The number of carbonyl (C=O) groups excluding carboxylic acids is 1. The van der Waals surface area contributed by atoms with Gasteiger partial charge in [-0.25, -0.2) is 12.8 Å². The second kappa shape index (κ2) is 7.61. The van der Waals surface area contributed by atoms with Crippen molar-refractivity contribution in [1.82, 2.24) is 9.62 Å². The van der Waals surface area contributed by atoms with Crippen molar-refractivity contribution in [3.8, 4) is 0 Å². The van der Waals surface area contributed by atoms with E-state index < -0.39 is 10.0 Å². The fraction of sp³-hybridized carbons (Fsp3) is 0.588. The summed E-state index contributed by atoms with van der Waals surface area (Å²) in [6, 6.07) is 6.02. The summed E-state index contributed by atoms with van der Waals surface area (Å²) in [4.78, 5) is 12.2. The van der Waals surface area contributed by atoms with Crippen molar-refractivity contribution in [3.63, 3.8) is 0 Å². The van der Waals surface area contributed by atoms with Crippen LogP contribution in [0.4, 0.5) is 4.39 Å². The molecule has 1 aliphatic heterocycles. The van der Waals surface area contributed by atoms with Crippen molar-refractivity contribution in [2.24, 2.45) is 11.8 Å². The molecule has 7 heteroatoms. The van der Waals surface area contributed by atoms with Gasteiger partial charge in [0.1, 0.15) is 5.82 Å². The van der Waals surface area contributed by atoms with Gasteiger partial charge in [0.2, 0.25) is 15.9 Å². The third-order valence-electron chi connectivity index (χ3n) is 4.53. The van der Waals surface area contributed by atoms with E-state index >= 15 is 0 Å². The summed E-state index contributed by atoms with van der Waals surface area (Å²) in [6.07, 6.45) is 1.90. The van der Waals surface area contributed by atoms with Crippen LogP contribution in [0.25, 0.3) is 0 Å². The lowest BCUT2D eigenvalue weighted by molar-refractivity contribution is -0.122. The van der Waals surface area contributed by atoms with E-state index in [2.05, 4.69) is 5.32 Å². The van der Waals surface area contributed by atoms with Crippen molar-refractivity contribution in [3.05, 3.63) is 35.6 Å². The fourth-order valence-electron chi connectivity index (χ4n) is 3.12. The van der Waals surface area contributed by atoms with Crippen LogP contribution in [0.2, 0.25) is 0 Å². The minimum atomic E-state index is -3.26. The number of amides is 1. The summed E-state index contributed by atoms with van der Waals surface area (Å²) >= 11 is 0. The third-order valence-corrected chi connectivity index (χ3v) is 5.77. The highest BCUT2D eigenvalue weighted by Gasteiger charge is 2.39. The molecule has 1 aliphatic rings. The summed E-state index contributed by atoms with van der Waals surface area (Å²) in [5, 5.41) is 2.96. The van der Waals surface area contributed by atoms with Crippen molar-refractivity contribution in [1.29, 1.82) is 0 Å². The molecule has 5 nitrogen and oxygen atoms in total. The van der Waals surface area contributed by atoms with E-state index in [0.717, 1.165) is 5.56 Å². The molecule has 2 unspecified atom stereocenters. The van der Waals surface area contributed by atoms with Gasteiger partial charge in [0.25, 0.3) is 0 Å². The minimum Gasteiger partial charge on any atom is -0.352 e. The minimum absolute atomic E-state index is 0.0952. The number of benzene rings is 1. The summed E-state index contributed by atoms with van der Waals surface area (Å²) in [5.74, 6) is -0.0826. The topological polar surface area (TPSA) is 66.5 Å². The predicted molar refractivity (Wildman–Crippen MR) is 91.4 cm³/mol. The van der Waals surface area contributed by atoms with Gasteiger partial charge in [-0.15, -0.1) is 0 Å². The smallest absolute Gasteiger partial charge is 0.220 e. The molecule has 24 heavy (non-hydrogen) atoms. The van der Waals surface area contributed by atoms with E-state index in [4.69, 9.17) is 0 Å². The Bertz CT molecular complexity index is 691. The second-order valence-corrected chi connectivity index (χ2v) is 8.77. The van der Waals surface area contributed by atoms with E-state index in [1.54, 1.807) is 12.1 Å². The number of nitrogens with zero attached hydrogens (tertiary/aromatic N) is 1. The van der Waals surface area contributed by atoms with Crippen molar-refractivity contribution in [2.75, 3.05) is 19.3 Å². The average molecular weight is 356 g/mol. The van der Waals surface area contributed by atoms with E-state index in [1.807, 2.05) is 13.8 Å². The maximum absolute atomic E-state index is 13.2. The number of hydrogen-bond donors (Lipinski definition) is 1. The molecule has 0 spiro atoms. The average Bonchev–Trinajstić information content (AvgIpc) is 2.89. The molecular formula is C17H25FN2O3S. The Morgan fingerprint density at radius 2 is 2.08 bits per heavy atom. The van der Waals surface area contributed by atoms with Gasteiger partial charge in [0, 0.05) is 25.6 Å². The Morgan fingerprint density at radius 3 is 2.67 bits per heavy atom. The molecule has 1 aromatic carbocycles. The van der Waals surface area contributed by atoms with Crippen LogP contribution in [-0.4, -0.2) is 44.0 Å². The van der Waals surface area contributed by atoms with Crippen molar-refractivity contribution >= 4 is 15.9 Å². The molecule has 1 N–H and O–H groups in total. The summed E-state index contributed by atoms with van der Waals surface area (Å²) in [5.41, 5.74) is 0.773. The maximum Gasteiger partial charge on any atom is 0.220 e. The maximum atomic E-state index is 13.2. The largest absolute Gasteiger partial charge is 0.352 e. The quantitative estimate of drug-likeness (QED) is 0.845. The summed E-state index contributed by atoms with van der Waals surface area (Å²) in [6.45, 7) is 4.81. The Kier molecular flexibility index (Phi) is 5.98. The molecule has 134 valence electrons. The molecule has 1 heterocycles. The fourth-order valence-corrected chi connectivity index (χ4v) is 3.99. The van der Waals surface area contributed by atoms with Gasteiger partial charge < -0.3 is 5.32 Å². The highest BCUT2D eigenvalue weighted by molar-refractivity contribution is 7.88. The highest BCUT2D eigenvalue weighted by Crippen LogP contribution is 2.26. The Balaban J connectivity index is 1.94. The molecule has 2 rings (SSSR count). The lowest BCUT2D eigenvalue weighted by Crippen LogP contribution is -2.42. The molecule has 0 aliphatic carbocycles. The number of halogens is 1. The lowest BCUT2D eigenvalue weighted by Gasteiger charge is -2.22. The predicted octanol–water partition coefficient (Wildman–Crippen LogP) is 1.79. The molecule has 1 saturated heterocycles. The number of sulfonamides is 1. The number of carbonyl (C=O) groups is 1. The Morgan fingerprint density at radius 1 is 1.38 bits per heavy atom. The van der Waals surface area contributed by atoms with Gasteiger partial charge in [0.15, 0.2) is 0 Å². The standard InChI is InChI=1S/C17H25FN2O3S/c1-12(2)15-10-20(24(3,22)23)11-16(15)19-17(21)8-7-13-5-4-6-14(18)9-13/h4-6,9,12,15-16H,7-8,10-11H2,1-3H3,(H,19,21).